The molecule has 0 unspecified atom stereocenters. The molecule has 2 atom stereocenters. The molecular formula is C14H18BrClN4O. The summed E-state index contributed by atoms with van der Waals surface area (Å²) in [6, 6.07) is 7.17. The first-order valence-electron chi connectivity index (χ1n) is 6.47. The molecule has 1 aliphatic heterocycles. The molecule has 4 N–H and O–H groups in total. The number of halogens is 2. The van der Waals surface area contributed by atoms with Crippen LogP contribution in [-0.2, 0) is 10.3 Å². The maximum Gasteiger partial charge on any atom is 0.237 e. The lowest BCUT2D eigenvalue weighted by Crippen LogP contribution is -2.52. The third-order valence-electron chi connectivity index (χ3n) is 3.55. The molecule has 0 saturated carbocycles. The van der Waals surface area contributed by atoms with Crippen molar-refractivity contribution in [3.05, 3.63) is 33.8 Å². The lowest BCUT2D eigenvalue weighted by Gasteiger charge is -2.32. The van der Waals surface area contributed by atoms with Gasteiger partial charge in [-0.15, -0.1) is 12.4 Å². The van der Waals surface area contributed by atoms with Crippen molar-refractivity contribution in [1.82, 2.24) is 10.6 Å². The topological polar surface area (TPSA) is 90.9 Å². The van der Waals surface area contributed by atoms with E-state index in [-0.39, 0.29) is 18.3 Å². The molecule has 0 spiro atoms. The standard InChI is InChI=1S/C14H17BrN4O.ClH/c1-9(17)13(20)19-14(4-5-18-8-14)12-3-2-11(15)6-10(12)7-16;/h2-3,6,9,18H,4-5,8,17H2,1H3,(H,19,20);1H/t9-,14+;/m0./s1. The molecule has 1 aromatic carbocycles. The minimum atomic E-state index is -0.576. The number of nitrogens with zero attached hydrogens (tertiary/aromatic N) is 1. The SMILES string of the molecule is C[C@H](N)C(=O)N[C@]1(c2ccc(Br)cc2C#N)CCNC1.Cl. The smallest absolute Gasteiger partial charge is 0.237 e. The summed E-state index contributed by atoms with van der Waals surface area (Å²) in [4.78, 5) is 12.0. The van der Waals surface area contributed by atoms with Crippen LogP contribution in [-0.4, -0.2) is 25.0 Å². The van der Waals surface area contributed by atoms with Gasteiger partial charge in [0.05, 0.1) is 23.2 Å². The third-order valence-corrected chi connectivity index (χ3v) is 4.04. The van der Waals surface area contributed by atoms with Crippen molar-refractivity contribution in [2.24, 2.45) is 5.73 Å². The minimum Gasteiger partial charge on any atom is -0.344 e. The molecule has 5 nitrogen and oxygen atoms in total. The fraction of sp³-hybridized carbons (Fsp3) is 0.429. The molecule has 1 aromatic rings. The normalized spacial score (nSPS) is 22.0. The molecule has 7 heteroatoms. The fourth-order valence-electron chi connectivity index (χ4n) is 2.47. The highest BCUT2D eigenvalue weighted by Gasteiger charge is 2.39. The van der Waals surface area contributed by atoms with E-state index in [9.17, 15) is 10.1 Å². The predicted molar refractivity (Wildman–Crippen MR) is 87.1 cm³/mol. The number of rotatable bonds is 3. The van der Waals surface area contributed by atoms with Crippen LogP contribution in [0.4, 0.5) is 0 Å². The number of nitrogens with two attached hydrogens (primary N) is 1. The van der Waals surface area contributed by atoms with Crippen molar-refractivity contribution >= 4 is 34.2 Å². The van der Waals surface area contributed by atoms with E-state index in [4.69, 9.17) is 5.73 Å². The van der Waals surface area contributed by atoms with Crippen LogP contribution < -0.4 is 16.4 Å². The van der Waals surface area contributed by atoms with E-state index in [0.29, 0.717) is 12.1 Å². The molecular weight excluding hydrogens is 356 g/mol. The first-order valence-corrected chi connectivity index (χ1v) is 7.26. The van der Waals surface area contributed by atoms with Crippen molar-refractivity contribution in [3.63, 3.8) is 0 Å². The van der Waals surface area contributed by atoms with Gasteiger partial charge in [-0.3, -0.25) is 4.79 Å². The van der Waals surface area contributed by atoms with Crippen molar-refractivity contribution in [1.29, 1.82) is 5.26 Å². The zero-order valence-electron chi connectivity index (χ0n) is 11.6. The van der Waals surface area contributed by atoms with Crippen LogP contribution in [0, 0.1) is 11.3 Å². The highest BCUT2D eigenvalue weighted by Crippen LogP contribution is 2.32. The van der Waals surface area contributed by atoms with Gasteiger partial charge in [0.1, 0.15) is 0 Å². The number of nitrogens with one attached hydrogen (secondary N) is 2. The quantitative estimate of drug-likeness (QED) is 0.747. The third kappa shape index (κ3) is 3.74. The summed E-state index contributed by atoms with van der Waals surface area (Å²) in [5.74, 6) is -0.208. The van der Waals surface area contributed by atoms with Crippen LogP contribution >= 0.6 is 28.3 Å². The summed E-state index contributed by atoms with van der Waals surface area (Å²) in [7, 11) is 0. The second kappa shape index (κ2) is 7.23. The lowest BCUT2D eigenvalue weighted by atomic mass is 9.85. The second-order valence-electron chi connectivity index (χ2n) is 5.09. The van der Waals surface area contributed by atoms with Gasteiger partial charge < -0.3 is 16.4 Å². The van der Waals surface area contributed by atoms with Crippen LogP contribution in [0.5, 0.6) is 0 Å². The number of nitriles is 1. The predicted octanol–water partition coefficient (Wildman–Crippen LogP) is 1.39. The van der Waals surface area contributed by atoms with E-state index in [1.165, 1.54) is 0 Å². The Morgan fingerprint density at radius 3 is 2.86 bits per heavy atom. The van der Waals surface area contributed by atoms with E-state index in [1.54, 1.807) is 13.0 Å². The van der Waals surface area contributed by atoms with E-state index in [0.717, 1.165) is 23.0 Å². The van der Waals surface area contributed by atoms with Crippen molar-refractivity contribution in [2.75, 3.05) is 13.1 Å². The molecule has 0 aromatic heterocycles. The van der Waals surface area contributed by atoms with Crippen LogP contribution in [0.2, 0.25) is 0 Å². The highest BCUT2D eigenvalue weighted by atomic mass is 79.9. The molecule has 0 aliphatic carbocycles. The first kappa shape index (κ1) is 17.9. The van der Waals surface area contributed by atoms with Crippen LogP contribution in [0.3, 0.4) is 0 Å². The highest BCUT2D eigenvalue weighted by molar-refractivity contribution is 9.10. The van der Waals surface area contributed by atoms with Gasteiger partial charge in [-0.1, -0.05) is 22.0 Å². The first-order chi connectivity index (χ1) is 9.48. The minimum absolute atomic E-state index is 0. The Morgan fingerprint density at radius 2 is 2.33 bits per heavy atom. The average molecular weight is 374 g/mol. The van der Waals surface area contributed by atoms with Gasteiger partial charge in [0, 0.05) is 11.0 Å². The monoisotopic (exact) mass is 372 g/mol. The summed E-state index contributed by atoms with van der Waals surface area (Å²) in [6.07, 6.45) is 0.738. The molecule has 0 bridgehead atoms. The van der Waals surface area contributed by atoms with E-state index >= 15 is 0 Å². The summed E-state index contributed by atoms with van der Waals surface area (Å²) in [5.41, 5.74) is 6.48. The number of carbonyl (C=O) groups excluding carboxylic acids is 1. The van der Waals surface area contributed by atoms with Gasteiger partial charge in [-0.05, 0) is 37.6 Å². The maximum atomic E-state index is 12.0. The number of hydrogen-bond acceptors (Lipinski definition) is 4. The molecule has 2 rings (SSSR count). The summed E-state index contributed by atoms with van der Waals surface area (Å²) >= 11 is 3.36. The summed E-state index contributed by atoms with van der Waals surface area (Å²) < 4.78 is 0.845. The Morgan fingerprint density at radius 1 is 1.62 bits per heavy atom. The average Bonchev–Trinajstić information content (AvgIpc) is 2.87. The summed E-state index contributed by atoms with van der Waals surface area (Å²) in [6.45, 7) is 3.04. The van der Waals surface area contributed by atoms with E-state index < -0.39 is 11.6 Å². The van der Waals surface area contributed by atoms with Crippen LogP contribution in [0.25, 0.3) is 0 Å². The van der Waals surface area contributed by atoms with Gasteiger partial charge in [0.25, 0.3) is 0 Å². The van der Waals surface area contributed by atoms with Crippen molar-refractivity contribution < 1.29 is 4.79 Å². The van der Waals surface area contributed by atoms with Crippen LogP contribution in [0.15, 0.2) is 22.7 Å². The van der Waals surface area contributed by atoms with Crippen molar-refractivity contribution in [2.45, 2.75) is 24.9 Å². The number of benzene rings is 1. The molecule has 1 amide bonds. The lowest BCUT2D eigenvalue weighted by molar-refractivity contribution is -0.123. The summed E-state index contributed by atoms with van der Waals surface area (Å²) in [5, 5.41) is 15.6. The molecule has 1 heterocycles. The Labute approximate surface area is 138 Å². The Bertz CT molecular complexity index is 565. The van der Waals surface area contributed by atoms with Gasteiger partial charge in [-0.25, -0.2) is 0 Å². The van der Waals surface area contributed by atoms with Gasteiger partial charge in [0.2, 0.25) is 5.91 Å². The fourth-order valence-corrected chi connectivity index (χ4v) is 2.83. The van der Waals surface area contributed by atoms with Gasteiger partial charge >= 0.3 is 0 Å². The van der Waals surface area contributed by atoms with E-state index in [2.05, 4.69) is 32.6 Å². The van der Waals surface area contributed by atoms with Gasteiger partial charge in [0.15, 0.2) is 0 Å². The number of amides is 1. The molecule has 21 heavy (non-hydrogen) atoms. The molecule has 114 valence electrons. The Hall–Kier alpha value is -1.13. The zero-order chi connectivity index (χ0) is 14.8. The molecule has 1 saturated heterocycles. The Kier molecular flexibility index (Phi) is 6.17. The molecule has 0 radical (unpaired) electrons. The Balaban J connectivity index is 0.00000220. The number of hydrogen-bond donors (Lipinski definition) is 3. The van der Waals surface area contributed by atoms with E-state index in [1.807, 2.05) is 12.1 Å². The zero-order valence-corrected chi connectivity index (χ0v) is 14.1. The largest absolute Gasteiger partial charge is 0.344 e. The van der Waals surface area contributed by atoms with Crippen LogP contribution in [0.1, 0.15) is 24.5 Å². The number of carbonyl (C=O) groups is 1. The second-order valence-corrected chi connectivity index (χ2v) is 6.00. The molecule has 1 fully saturated rings. The van der Waals surface area contributed by atoms with Gasteiger partial charge in [-0.2, -0.15) is 5.26 Å². The molecule has 1 aliphatic rings. The maximum absolute atomic E-state index is 12.0. The van der Waals surface area contributed by atoms with Crippen molar-refractivity contribution in [3.8, 4) is 6.07 Å².